The molecule has 2 N–H and O–H groups in total. The van der Waals surface area contributed by atoms with Gasteiger partial charge in [0.1, 0.15) is 0 Å². The van der Waals surface area contributed by atoms with Crippen LogP contribution in [0.15, 0.2) is 52.1 Å². The van der Waals surface area contributed by atoms with Gasteiger partial charge in [0.2, 0.25) is 0 Å². The summed E-state index contributed by atoms with van der Waals surface area (Å²) in [5.41, 5.74) is 3.98. The second kappa shape index (κ2) is 7.60. The average Bonchev–Trinajstić information content (AvgIpc) is 2.70. The molecule has 1 unspecified atom stereocenters. The van der Waals surface area contributed by atoms with E-state index in [2.05, 4.69) is 39.3 Å². The molecule has 0 aliphatic carbocycles. The van der Waals surface area contributed by atoms with Gasteiger partial charge < -0.3 is 9.88 Å². The lowest BCUT2D eigenvalue weighted by Gasteiger charge is -2.19. The van der Waals surface area contributed by atoms with Crippen LogP contribution in [0, 0.1) is 13.8 Å². The molecule has 4 rings (SSSR count). The zero-order valence-corrected chi connectivity index (χ0v) is 16.7. The van der Waals surface area contributed by atoms with Crippen molar-refractivity contribution >= 4 is 11.0 Å². The molecule has 0 spiro atoms. The standard InChI is InChI=1S/C22H23N5O2/c1-13-11-17-18(12-14(13)2)27(20-19(24-17)21(28)26-22(29)25-20)10-9-23-15(3)16-7-5-4-6-8-16/h4-8,11-12,15,23H,9-10H2,1-3H3,(H,26,28,29). The number of hydrogen-bond acceptors (Lipinski definition) is 5. The van der Waals surface area contributed by atoms with Gasteiger partial charge in [-0.1, -0.05) is 30.3 Å². The first-order valence-corrected chi connectivity index (χ1v) is 9.64. The number of aromatic nitrogens is 4. The van der Waals surface area contributed by atoms with Gasteiger partial charge in [0, 0.05) is 19.1 Å². The molecule has 0 bridgehead atoms. The summed E-state index contributed by atoms with van der Waals surface area (Å²) in [6.45, 7) is 7.34. The van der Waals surface area contributed by atoms with Gasteiger partial charge in [-0.15, -0.1) is 0 Å². The molecule has 0 aromatic heterocycles. The third kappa shape index (κ3) is 3.69. The predicted octanol–water partition coefficient (Wildman–Crippen LogP) is 2.55. The Morgan fingerprint density at radius 1 is 1.07 bits per heavy atom. The van der Waals surface area contributed by atoms with Crippen LogP contribution < -0.4 is 16.6 Å². The summed E-state index contributed by atoms with van der Waals surface area (Å²) in [6, 6.07) is 14.4. The first-order chi connectivity index (χ1) is 13.9. The summed E-state index contributed by atoms with van der Waals surface area (Å²) in [5, 5.41) is 3.50. The fourth-order valence-corrected chi connectivity index (χ4v) is 3.53. The Morgan fingerprint density at radius 2 is 1.79 bits per heavy atom. The van der Waals surface area contributed by atoms with Crippen molar-refractivity contribution in [3.8, 4) is 11.5 Å². The zero-order chi connectivity index (χ0) is 20.5. The molecule has 29 heavy (non-hydrogen) atoms. The Bertz CT molecular complexity index is 1260. The number of benzene rings is 2. The van der Waals surface area contributed by atoms with Crippen LogP contribution in [0.1, 0.15) is 29.7 Å². The van der Waals surface area contributed by atoms with Crippen LogP contribution in [0.4, 0.5) is 0 Å². The molecule has 2 aliphatic rings. The number of H-pyrrole nitrogens is 1. The lowest BCUT2D eigenvalue weighted by atomic mass is 10.1. The van der Waals surface area contributed by atoms with E-state index in [1.807, 2.05) is 48.7 Å². The van der Waals surface area contributed by atoms with E-state index in [1.54, 1.807) is 0 Å². The van der Waals surface area contributed by atoms with E-state index >= 15 is 0 Å². The molecular formula is C22H23N5O2. The van der Waals surface area contributed by atoms with Crippen LogP contribution in [-0.4, -0.2) is 26.1 Å². The van der Waals surface area contributed by atoms with E-state index in [0.717, 1.165) is 16.6 Å². The highest BCUT2D eigenvalue weighted by molar-refractivity contribution is 5.81. The van der Waals surface area contributed by atoms with Crippen molar-refractivity contribution in [2.24, 2.45) is 0 Å². The number of fused-ring (bicyclic) bond motifs is 2. The Balaban J connectivity index is 1.75. The summed E-state index contributed by atoms with van der Waals surface area (Å²) in [7, 11) is 0. The SMILES string of the molecule is Cc1cc2nc3c(=O)[nH]c(=O)nc-3n(CCNC(C)c3ccccc3)c2cc1C. The van der Waals surface area contributed by atoms with E-state index in [-0.39, 0.29) is 11.7 Å². The minimum atomic E-state index is -0.660. The van der Waals surface area contributed by atoms with Gasteiger partial charge in [-0.3, -0.25) is 9.78 Å². The maximum atomic E-state index is 12.3. The minimum absolute atomic E-state index is 0.173. The lowest BCUT2D eigenvalue weighted by Crippen LogP contribution is -2.30. The number of aromatic amines is 1. The van der Waals surface area contributed by atoms with Crippen LogP contribution in [-0.2, 0) is 6.54 Å². The fraction of sp³-hybridized carbons (Fsp3) is 0.273. The van der Waals surface area contributed by atoms with Crippen molar-refractivity contribution in [2.75, 3.05) is 6.54 Å². The molecule has 2 aromatic rings. The molecular weight excluding hydrogens is 366 g/mol. The van der Waals surface area contributed by atoms with E-state index in [0.29, 0.717) is 24.4 Å². The molecule has 0 amide bonds. The van der Waals surface area contributed by atoms with Crippen LogP contribution in [0.5, 0.6) is 0 Å². The van der Waals surface area contributed by atoms with Crippen molar-refractivity contribution in [1.29, 1.82) is 0 Å². The van der Waals surface area contributed by atoms with Crippen LogP contribution in [0.2, 0.25) is 0 Å². The fourth-order valence-electron chi connectivity index (χ4n) is 3.53. The first-order valence-electron chi connectivity index (χ1n) is 9.64. The molecule has 0 radical (unpaired) electrons. The van der Waals surface area contributed by atoms with Crippen LogP contribution >= 0.6 is 0 Å². The molecule has 7 nitrogen and oxygen atoms in total. The summed E-state index contributed by atoms with van der Waals surface area (Å²) in [6.07, 6.45) is 0. The zero-order valence-electron chi connectivity index (χ0n) is 16.7. The maximum Gasteiger partial charge on any atom is 0.349 e. The number of rotatable bonds is 5. The molecule has 0 saturated carbocycles. The number of nitrogens with one attached hydrogen (secondary N) is 2. The second-order valence-electron chi connectivity index (χ2n) is 7.32. The van der Waals surface area contributed by atoms with Crippen molar-refractivity contribution in [3.63, 3.8) is 0 Å². The van der Waals surface area contributed by atoms with Crippen molar-refractivity contribution in [3.05, 3.63) is 80.0 Å². The molecule has 7 heteroatoms. The number of nitrogens with zero attached hydrogens (tertiary/aromatic N) is 3. The van der Waals surface area contributed by atoms with E-state index in [9.17, 15) is 9.59 Å². The Kier molecular flexibility index (Phi) is 4.98. The quantitative estimate of drug-likeness (QED) is 0.512. The third-order valence-electron chi connectivity index (χ3n) is 5.31. The molecule has 0 fully saturated rings. The monoisotopic (exact) mass is 389 g/mol. The van der Waals surface area contributed by atoms with Crippen molar-refractivity contribution < 1.29 is 0 Å². The summed E-state index contributed by atoms with van der Waals surface area (Å²) in [4.78, 5) is 34.9. The number of hydrogen-bond donors (Lipinski definition) is 2. The summed E-state index contributed by atoms with van der Waals surface area (Å²) >= 11 is 0. The van der Waals surface area contributed by atoms with E-state index in [1.165, 1.54) is 5.56 Å². The predicted molar refractivity (Wildman–Crippen MR) is 113 cm³/mol. The van der Waals surface area contributed by atoms with Gasteiger partial charge in [-0.05, 0) is 49.6 Å². The van der Waals surface area contributed by atoms with Crippen LogP contribution in [0.25, 0.3) is 22.6 Å². The molecule has 2 heterocycles. The highest BCUT2D eigenvalue weighted by atomic mass is 16.2. The third-order valence-corrected chi connectivity index (χ3v) is 5.31. The topological polar surface area (TPSA) is 92.7 Å². The summed E-state index contributed by atoms with van der Waals surface area (Å²) < 4.78 is 1.91. The average molecular weight is 389 g/mol. The Labute approximate surface area is 167 Å². The molecule has 0 saturated heterocycles. The Hall–Kier alpha value is -3.32. The lowest BCUT2D eigenvalue weighted by molar-refractivity contribution is 0.534. The van der Waals surface area contributed by atoms with Gasteiger partial charge in [-0.2, -0.15) is 4.98 Å². The Morgan fingerprint density at radius 3 is 2.55 bits per heavy atom. The smallest absolute Gasteiger partial charge is 0.321 e. The first kappa shape index (κ1) is 19.0. The largest absolute Gasteiger partial charge is 0.349 e. The molecule has 148 valence electrons. The second-order valence-corrected chi connectivity index (χ2v) is 7.32. The van der Waals surface area contributed by atoms with Gasteiger partial charge in [0.25, 0.3) is 5.56 Å². The van der Waals surface area contributed by atoms with Gasteiger partial charge in [-0.25, -0.2) is 9.78 Å². The maximum absolute atomic E-state index is 12.3. The van der Waals surface area contributed by atoms with Crippen molar-refractivity contribution in [2.45, 2.75) is 33.4 Å². The van der Waals surface area contributed by atoms with Gasteiger partial charge in [0.05, 0.1) is 11.0 Å². The highest BCUT2D eigenvalue weighted by Gasteiger charge is 2.19. The minimum Gasteiger partial charge on any atom is -0.321 e. The van der Waals surface area contributed by atoms with Crippen LogP contribution in [0.3, 0.4) is 0 Å². The molecule has 1 atom stereocenters. The van der Waals surface area contributed by atoms with E-state index in [4.69, 9.17) is 0 Å². The van der Waals surface area contributed by atoms with Gasteiger partial charge >= 0.3 is 5.69 Å². The highest BCUT2D eigenvalue weighted by Crippen LogP contribution is 2.23. The normalized spacial score (nSPS) is 12.5. The van der Waals surface area contributed by atoms with Crippen molar-refractivity contribution in [1.82, 2.24) is 24.8 Å². The van der Waals surface area contributed by atoms with Gasteiger partial charge in [0.15, 0.2) is 11.5 Å². The van der Waals surface area contributed by atoms with E-state index < -0.39 is 11.2 Å². The number of aryl methyl sites for hydroxylation is 2. The molecule has 2 aliphatic heterocycles. The molecule has 2 aromatic carbocycles. The summed E-state index contributed by atoms with van der Waals surface area (Å²) in [5.74, 6) is 0.309.